The Labute approximate surface area is 158 Å². The van der Waals surface area contributed by atoms with Gasteiger partial charge in [-0.3, -0.25) is 4.79 Å². The van der Waals surface area contributed by atoms with Crippen LogP contribution in [0.5, 0.6) is 11.5 Å². The molecule has 0 unspecified atom stereocenters. The van der Waals surface area contributed by atoms with Gasteiger partial charge in [0.1, 0.15) is 6.04 Å². The molecule has 27 heavy (non-hydrogen) atoms. The van der Waals surface area contributed by atoms with Crippen LogP contribution in [0.15, 0.2) is 42.5 Å². The standard InChI is InChI=1S/C21H23NO5/c1-26-18-9-7-14(11-19(18)27-2)8-10-20(23)22-13-16-6-4-3-5-15(16)12-17(22)21(24)25/h3-7,9,11,17H,8,10,12-13H2,1-2H3,(H,24,25)/t17-/m0/s1. The molecule has 1 amide bonds. The van der Waals surface area contributed by atoms with Gasteiger partial charge < -0.3 is 19.5 Å². The van der Waals surface area contributed by atoms with Crippen LogP contribution in [0.25, 0.3) is 0 Å². The molecule has 1 N–H and O–H groups in total. The minimum atomic E-state index is -0.969. The maximum atomic E-state index is 12.8. The zero-order valence-corrected chi connectivity index (χ0v) is 15.5. The van der Waals surface area contributed by atoms with E-state index < -0.39 is 12.0 Å². The quantitative estimate of drug-likeness (QED) is 0.847. The molecular weight excluding hydrogens is 346 g/mol. The van der Waals surface area contributed by atoms with Crippen molar-refractivity contribution in [3.63, 3.8) is 0 Å². The number of aliphatic carboxylic acids is 1. The maximum absolute atomic E-state index is 12.8. The highest BCUT2D eigenvalue weighted by molar-refractivity contribution is 5.84. The Hall–Kier alpha value is -3.02. The van der Waals surface area contributed by atoms with Gasteiger partial charge in [0.05, 0.1) is 14.2 Å². The largest absolute Gasteiger partial charge is 0.493 e. The van der Waals surface area contributed by atoms with Gasteiger partial charge in [0.15, 0.2) is 11.5 Å². The Morgan fingerprint density at radius 1 is 1.07 bits per heavy atom. The average molecular weight is 369 g/mol. The van der Waals surface area contributed by atoms with Crippen LogP contribution in [0.2, 0.25) is 0 Å². The molecule has 6 nitrogen and oxygen atoms in total. The molecule has 6 heteroatoms. The third-order valence-electron chi connectivity index (χ3n) is 4.93. The van der Waals surface area contributed by atoms with E-state index in [1.54, 1.807) is 20.3 Å². The van der Waals surface area contributed by atoms with E-state index >= 15 is 0 Å². The number of carbonyl (C=O) groups excluding carboxylic acids is 1. The van der Waals surface area contributed by atoms with Crippen LogP contribution in [0.3, 0.4) is 0 Å². The predicted octanol–water partition coefficient (Wildman–Crippen LogP) is 2.67. The van der Waals surface area contributed by atoms with Crippen LogP contribution in [-0.4, -0.2) is 42.1 Å². The van der Waals surface area contributed by atoms with Crippen molar-refractivity contribution >= 4 is 11.9 Å². The van der Waals surface area contributed by atoms with Crippen molar-refractivity contribution in [2.24, 2.45) is 0 Å². The van der Waals surface area contributed by atoms with Crippen molar-refractivity contribution < 1.29 is 24.2 Å². The Morgan fingerprint density at radius 3 is 2.44 bits per heavy atom. The number of carboxylic acid groups (broad SMARTS) is 1. The Kier molecular flexibility index (Phi) is 5.64. The Bertz CT molecular complexity index is 848. The summed E-state index contributed by atoms with van der Waals surface area (Å²) in [5, 5.41) is 9.57. The average Bonchev–Trinajstić information content (AvgIpc) is 2.70. The minimum Gasteiger partial charge on any atom is -0.493 e. The van der Waals surface area contributed by atoms with Crippen LogP contribution in [0, 0.1) is 0 Å². The third-order valence-corrected chi connectivity index (χ3v) is 4.93. The van der Waals surface area contributed by atoms with Crippen molar-refractivity contribution in [1.29, 1.82) is 0 Å². The molecule has 1 atom stereocenters. The highest BCUT2D eigenvalue weighted by Gasteiger charge is 2.34. The van der Waals surface area contributed by atoms with Crippen LogP contribution in [-0.2, 0) is 29.0 Å². The molecule has 0 saturated heterocycles. The molecule has 1 aliphatic rings. The molecule has 3 rings (SSSR count). The van der Waals surface area contributed by atoms with Gasteiger partial charge in [-0.1, -0.05) is 30.3 Å². The molecule has 0 spiro atoms. The lowest BCUT2D eigenvalue weighted by molar-refractivity contribution is -0.151. The van der Waals surface area contributed by atoms with E-state index in [0.29, 0.717) is 30.9 Å². The first-order chi connectivity index (χ1) is 13.0. The number of amides is 1. The van der Waals surface area contributed by atoms with Crippen LogP contribution in [0.4, 0.5) is 0 Å². The zero-order chi connectivity index (χ0) is 19.4. The first-order valence-corrected chi connectivity index (χ1v) is 8.83. The van der Waals surface area contributed by atoms with E-state index in [0.717, 1.165) is 16.7 Å². The van der Waals surface area contributed by atoms with E-state index in [9.17, 15) is 14.7 Å². The SMILES string of the molecule is COc1ccc(CCC(=O)N2Cc3ccccc3C[C@H]2C(=O)O)cc1OC. The molecular formula is C21H23NO5. The summed E-state index contributed by atoms with van der Waals surface area (Å²) in [5.74, 6) is 0.111. The molecule has 142 valence electrons. The highest BCUT2D eigenvalue weighted by atomic mass is 16.5. The Morgan fingerprint density at radius 2 is 1.78 bits per heavy atom. The summed E-state index contributed by atoms with van der Waals surface area (Å²) in [4.78, 5) is 25.9. The number of benzene rings is 2. The van der Waals surface area contributed by atoms with E-state index in [4.69, 9.17) is 9.47 Å². The van der Waals surface area contributed by atoms with E-state index in [1.807, 2.05) is 36.4 Å². The van der Waals surface area contributed by atoms with Crippen molar-refractivity contribution in [3.05, 3.63) is 59.2 Å². The van der Waals surface area contributed by atoms with Gasteiger partial charge in [-0.05, 0) is 35.2 Å². The molecule has 2 aromatic rings. The first-order valence-electron chi connectivity index (χ1n) is 8.83. The summed E-state index contributed by atoms with van der Waals surface area (Å²) in [7, 11) is 3.14. The van der Waals surface area contributed by atoms with Gasteiger partial charge in [-0.2, -0.15) is 0 Å². The minimum absolute atomic E-state index is 0.160. The second-order valence-electron chi connectivity index (χ2n) is 6.54. The fraction of sp³-hybridized carbons (Fsp3) is 0.333. The van der Waals surface area contributed by atoms with Gasteiger partial charge >= 0.3 is 5.97 Å². The molecule has 0 bridgehead atoms. The second-order valence-corrected chi connectivity index (χ2v) is 6.54. The van der Waals surface area contributed by atoms with Crippen LogP contribution in [0.1, 0.15) is 23.1 Å². The topological polar surface area (TPSA) is 76.1 Å². The second kappa shape index (κ2) is 8.12. The lowest BCUT2D eigenvalue weighted by Gasteiger charge is -2.34. The summed E-state index contributed by atoms with van der Waals surface area (Å²) >= 11 is 0. The van der Waals surface area contributed by atoms with E-state index in [1.165, 1.54) is 4.90 Å². The number of rotatable bonds is 6. The molecule has 1 aliphatic heterocycles. The fourth-order valence-electron chi connectivity index (χ4n) is 3.44. The molecule has 0 aromatic heterocycles. The molecule has 2 aromatic carbocycles. The van der Waals surface area contributed by atoms with Gasteiger partial charge in [0, 0.05) is 19.4 Å². The molecule has 1 heterocycles. The molecule has 0 radical (unpaired) electrons. The molecule has 0 saturated carbocycles. The van der Waals surface area contributed by atoms with Gasteiger partial charge in [0.2, 0.25) is 5.91 Å². The lowest BCUT2D eigenvalue weighted by Crippen LogP contribution is -2.48. The number of ether oxygens (including phenoxy) is 2. The van der Waals surface area contributed by atoms with Gasteiger partial charge in [-0.25, -0.2) is 4.79 Å². The molecule has 0 fully saturated rings. The smallest absolute Gasteiger partial charge is 0.326 e. The van der Waals surface area contributed by atoms with Crippen LogP contribution >= 0.6 is 0 Å². The van der Waals surface area contributed by atoms with Gasteiger partial charge in [0.25, 0.3) is 0 Å². The number of hydrogen-bond acceptors (Lipinski definition) is 4. The summed E-state index contributed by atoms with van der Waals surface area (Å²) < 4.78 is 10.5. The van der Waals surface area contributed by atoms with Crippen molar-refractivity contribution in [1.82, 2.24) is 4.90 Å². The number of hydrogen-bond donors (Lipinski definition) is 1. The van der Waals surface area contributed by atoms with E-state index in [-0.39, 0.29) is 12.3 Å². The number of carbonyl (C=O) groups is 2. The third kappa shape index (κ3) is 4.05. The summed E-state index contributed by atoms with van der Waals surface area (Å²) in [5.41, 5.74) is 2.94. The number of methoxy groups -OCH3 is 2. The number of fused-ring (bicyclic) bond motifs is 1. The zero-order valence-electron chi connectivity index (χ0n) is 15.5. The normalized spacial score (nSPS) is 15.8. The summed E-state index contributed by atoms with van der Waals surface area (Å²) in [6.07, 6.45) is 1.08. The summed E-state index contributed by atoms with van der Waals surface area (Å²) in [6, 6.07) is 12.4. The summed E-state index contributed by atoms with van der Waals surface area (Å²) in [6.45, 7) is 0.331. The van der Waals surface area contributed by atoms with Crippen molar-refractivity contribution in [3.8, 4) is 11.5 Å². The van der Waals surface area contributed by atoms with Crippen molar-refractivity contribution in [2.75, 3.05) is 14.2 Å². The highest BCUT2D eigenvalue weighted by Crippen LogP contribution is 2.29. The number of nitrogens with zero attached hydrogens (tertiary/aromatic N) is 1. The monoisotopic (exact) mass is 369 g/mol. The number of carboxylic acids is 1. The lowest BCUT2D eigenvalue weighted by atomic mass is 9.93. The number of aryl methyl sites for hydroxylation is 1. The first kappa shape index (κ1) is 18.8. The predicted molar refractivity (Wildman–Crippen MR) is 100.0 cm³/mol. The fourth-order valence-corrected chi connectivity index (χ4v) is 3.44. The van der Waals surface area contributed by atoms with Crippen LogP contribution < -0.4 is 9.47 Å². The molecule has 0 aliphatic carbocycles. The van der Waals surface area contributed by atoms with E-state index in [2.05, 4.69) is 0 Å². The van der Waals surface area contributed by atoms with Gasteiger partial charge in [-0.15, -0.1) is 0 Å². The maximum Gasteiger partial charge on any atom is 0.326 e. The Balaban J connectivity index is 1.72. The van der Waals surface area contributed by atoms with Crippen molar-refractivity contribution in [2.45, 2.75) is 31.8 Å².